The molecule has 0 heterocycles. The maximum absolute atomic E-state index is 12.9. The lowest BCUT2D eigenvalue weighted by atomic mass is 10.0. The largest absolute Gasteiger partial charge is 0.472 e. The molecule has 2 unspecified atom stereocenters. The minimum atomic E-state index is -4.39. The zero-order valence-corrected chi connectivity index (χ0v) is 59.4. The highest BCUT2D eigenvalue weighted by Crippen LogP contribution is 2.43. The monoisotopic (exact) mass is 1250 g/mol. The molecule has 2 atom stereocenters. The Kier molecular flexibility index (Phi) is 66.4. The molecule has 10 heteroatoms. The molecule has 0 spiro atoms. The molecule has 9 nitrogen and oxygen atoms in total. The normalized spacial score (nSPS) is 13.6. The van der Waals surface area contributed by atoms with Gasteiger partial charge in [0, 0.05) is 12.8 Å². The topological polar surface area (TPSA) is 108 Å². The second-order valence-corrected chi connectivity index (χ2v) is 27.8. The van der Waals surface area contributed by atoms with Crippen molar-refractivity contribution in [2.24, 2.45) is 0 Å². The molecule has 0 saturated carbocycles. The summed E-state index contributed by atoms with van der Waals surface area (Å²) in [5.41, 5.74) is 0. The molecule has 0 rings (SSSR count). The molecule has 512 valence electrons. The van der Waals surface area contributed by atoms with Gasteiger partial charge in [0.2, 0.25) is 0 Å². The van der Waals surface area contributed by atoms with Crippen LogP contribution in [0.15, 0.2) is 85.1 Å². The Balaban J connectivity index is 3.97. The molecule has 88 heavy (non-hydrogen) atoms. The van der Waals surface area contributed by atoms with E-state index in [0.717, 1.165) is 70.6 Å². The van der Waals surface area contributed by atoms with Crippen LogP contribution in [-0.2, 0) is 32.7 Å². The second-order valence-electron chi connectivity index (χ2n) is 26.3. The number of carbonyl (C=O) groups is 2. The van der Waals surface area contributed by atoms with Gasteiger partial charge in [-0.3, -0.25) is 18.6 Å². The third kappa shape index (κ3) is 72.3. The number of unbranched alkanes of at least 4 members (excludes halogenated alkanes) is 41. The van der Waals surface area contributed by atoms with E-state index in [1.807, 2.05) is 21.1 Å². The summed E-state index contributed by atoms with van der Waals surface area (Å²) in [6, 6.07) is 0. The maximum atomic E-state index is 12.9. The number of phosphoric ester groups is 1. The molecular formula is C78H143NO8P+. The van der Waals surface area contributed by atoms with Gasteiger partial charge in [-0.25, -0.2) is 4.57 Å². The molecule has 0 fully saturated rings. The maximum Gasteiger partial charge on any atom is 0.472 e. The zero-order chi connectivity index (χ0) is 64.1. The lowest BCUT2D eigenvalue weighted by Gasteiger charge is -2.24. The molecule has 0 radical (unpaired) electrons. The number of esters is 2. The van der Waals surface area contributed by atoms with Gasteiger partial charge < -0.3 is 18.9 Å². The summed E-state index contributed by atoms with van der Waals surface area (Å²) in [4.78, 5) is 35.9. The Morgan fingerprint density at radius 2 is 0.648 bits per heavy atom. The van der Waals surface area contributed by atoms with Gasteiger partial charge in [0.05, 0.1) is 27.7 Å². The van der Waals surface area contributed by atoms with Gasteiger partial charge in [0.15, 0.2) is 6.10 Å². The van der Waals surface area contributed by atoms with Crippen molar-refractivity contribution in [1.82, 2.24) is 0 Å². The average Bonchev–Trinajstić information content (AvgIpc) is 3.68. The van der Waals surface area contributed by atoms with Gasteiger partial charge in [-0.15, -0.1) is 0 Å². The fourth-order valence-corrected chi connectivity index (χ4v) is 11.5. The third-order valence-electron chi connectivity index (χ3n) is 16.4. The summed E-state index contributed by atoms with van der Waals surface area (Å²) in [5, 5.41) is 0. The number of rotatable bonds is 69. The highest BCUT2D eigenvalue weighted by atomic mass is 31.2. The van der Waals surface area contributed by atoms with Crippen molar-refractivity contribution >= 4 is 19.8 Å². The quantitative estimate of drug-likeness (QED) is 0.0211. The van der Waals surface area contributed by atoms with Crippen LogP contribution in [0.2, 0.25) is 0 Å². The van der Waals surface area contributed by atoms with E-state index in [2.05, 4.69) is 98.9 Å². The van der Waals surface area contributed by atoms with Crippen LogP contribution in [0.3, 0.4) is 0 Å². The van der Waals surface area contributed by atoms with Crippen molar-refractivity contribution in [2.75, 3.05) is 47.5 Å². The van der Waals surface area contributed by atoms with Gasteiger partial charge in [0.25, 0.3) is 0 Å². The molecule has 0 aliphatic heterocycles. The van der Waals surface area contributed by atoms with Crippen molar-refractivity contribution in [1.29, 1.82) is 0 Å². The first-order valence-corrected chi connectivity index (χ1v) is 38.8. The molecule has 0 aliphatic carbocycles. The van der Waals surface area contributed by atoms with Gasteiger partial charge in [0.1, 0.15) is 19.8 Å². The Labute approximate surface area is 545 Å². The zero-order valence-electron chi connectivity index (χ0n) is 58.5. The van der Waals surface area contributed by atoms with Crippen LogP contribution in [0.5, 0.6) is 0 Å². The molecule has 0 amide bonds. The van der Waals surface area contributed by atoms with Crippen molar-refractivity contribution in [3.05, 3.63) is 85.1 Å². The van der Waals surface area contributed by atoms with Gasteiger partial charge in [-0.2, -0.15) is 0 Å². The van der Waals surface area contributed by atoms with Crippen molar-refractivity contribution in [2.45, 2.75) is 354 Å². The van der Waals surface area contributed by atoms with Crippen molar-refractivity contribution in [3.63, 3.8) is 0 Å². The molecule has 0 saturated heterocycles. The Morgan fingerprint density at radius 1 is 0.364 bits per heavy atom. The van der Waals surface area contributed by atoms with E-state index in [9.17, 15) is 19.0 Å². The van der Waals surface area contributed by atoms with E-state index in [-0.39, 0.29) is 25.6 Å². The lowest BCUT2D eigenvalue weighted by molar-refractivity contribution is -0.870. The van der Waals surface area contributed by atoms with E-state index in [1.165, 1.54) is 244 Å². The summed E-state index contributed by atoms with van der Waals surface area (Å²) in [6.07, 6.45) is 94.2. The number of allylic oxidation sites excluding steroid dienone is 14. The summed E-state index contributed by atoms with van der Waals surface area (Å²) in [5.74, 6) is -0.782. The van der Waals surface area contributed by atoms with E-state index in [1.54, 1.807) is 0 Å². The Hall–Kier alpha value is -2.81. The van der Waals surface area contributed by atoms with Gasteiger partial charge in [-0.05, 0) is 89.9 Å². The number of quaternary nitrogens is 1. The van der Waals surface area contributed by atoms with E-state index < -0.39 is 26.5 Å². The molecule has 0 bridgehead atoms. The molecule has 0 aromatic rings. The number of phosphoric acid groups is 1. The van der Waals surface area contributed by atoms with Crippen LogP contribution in [0.1, 0.15) is 348 Å². The second kappa shape index (κ2) is 68.6. The minimum Gasteiger partial charge on any atom is -0.462 e. The number of likely N-dealkylation sites (N-methyl/N-ethyl adjacent to an activating group) is 1. The number of hydrogen-bond acceptors (Lipinski definition) is 7. The average molecular weight is 1250 g/mol. The molecule has 0 aromatic carbocycles. The fraction of sp³-hybridized carbons (Fsp3) is 0.795. The van der Waals surface area contributed by atoms with Crippen LogP contribution < -0.4 is 0 Å². The number of carbonyl (C=O) groups excluding carboxylic acids is 2. The van der Waals surface area contributed by atoms with E-state index in [0.29, 0.717) is 23.9 Å². The van der Waals surface area contributed by atoms with Gasteiger partial charge in [-0.1, -0.05) is 330 Å². The smallest absolute Gasteiger partial charge is 0.462 e. The van der Waals surface area contributed by atoms with Crippen molar-refractivity contribution in [3.8, 4) is 0 Å². The number of nitrogens with zero attached hydrogens (tertiary/aromatic N) is 1. The number of ether oxygens (including phenoxy) is 2. The van der Waals surface area contributed by atoms with Crippen LogP contribution in [0.4, 0.5) is 0 Å². The van der Waals surface area contributed by atoms with Crippen LogP contribution >= 0.6 is 7.82 Å². The van der Waals surface area contributed by atoms with Crippen LogP contribution in [0, 0.1) is 0 Å². The van der Waals surface area contributed by atoms with Crippen LogP contribution in [0.25, 0.3) is 0 Å². The first-order chi connectivity index (χ1) is 43.0. The molecule has 0 aliphatic rings. The lowest BCUT2D eigenvalue weighted by Crippen LogP contribution is -2.37. The summed E-state index contributed by atoms with van der Waals surface area (Å²) in [7, 11) is 1.49. The SMILES string of the molecule is CC/C=C\C/C=C\C/C=C\C/C=C\C/C=C\CCCCCCCCCCCCCCCCCCCCCCCC(=O)OC(COC(=O)CCCCCCCCCCCCCCCCC/C=C\C/C=C\CCCCCCC)COP(=O)(O)OCC[N+](C)(C)C. The van der Waals surface area contributed by atoms with Crippen molar-refractivity contribution < 1.29 is 42.1 Å². The Morgan fingerprint density at radius 3 is 0.966 bits per heavy atom. The standard InChI is InChI=1S/C78H142NO8P/c1-6-8-10-12-14-16-18-20-22-24-26-28-30-32-34-35-36-37-38-39-40-41-42-43-45-47-49-51-53-55-57-59-61-63-65-67-69-71-78(81)87-76(75-86-88(82,83)85-73-72-79(3,4)5)74-84-77(80)70-68-66-64-62-60-58-56-54-52-50-48-46-44-33-31-29-27-25-23-21-19-17-15-13-11-9-7-2/h8,10,14,16,19-22,25-28,32,34,76H,6-7,9,11-13,15,17-18,23-24,29-31,33,35-75H2,1-5H3/p+1/b10-8-,16-14-,21-19-,22-20-,27-25-,28-26-,34-32-. The summed E-state index contributed by atoms with van der Waals surface area (Å²) < 4.78 is 34.8. The first-order valence-electron chi connectivity index (χ1n) is 37.3. The summed E-state index contributed by atoms with van der Waals surface area (Å²) in [6.45, 7) is 4.36. The van der Waals surface area contributed by atoms with E-state index in [4.69, 9.17) is 18.5 Å². The van der Waals surface area contributed by atoms with E-state index >= 15 is 0 Å². The molecule has 1 N–H and O–H groups in total. The summed E-state index contributed by atoms with van der Waals surface area (Å²) >= 11 is 0. The van der Waals surface area contributed by atoms with Crippen LogP contribution in [-0.4, -0.2) is 74.9 Å². The predicted molar refractivity (Wildman–Crippen MR) is 381 cm³/mol. The first kappa shape index (κ1) is 85.2. The predicted octanol–water partition coefficient (Wildman–Crippen LogP) is 24.5. The third-order valence-corrected chi connectivity index (χ3v) is 17.4. The molecule has 0 aromatic heterocycles. The van der Waals surface area contributed by atoms with Gasteiger partial charge >= 0.3 is 19.8 Å². The minimum absolute atomic E-state index is 0.0319. The highest BCUT2D eigenvalue weighted by molar-refractivity contribution is 7.47. The fourth-order valence-electron chi connectivity index (χ4n) is 10.7. The number of hydrogen-bond donors (Lipinski definition) is 1. The Bertz CT molecular complexity index is 1760. The highest BCUT2D eigenvalue weighted by Gasteiger charge is 2.27. The molecular weight excluding hydrogens is 1110 g/mol.